The van der Waals surface area contributed by atoms with Crippen molar-refractivity contribution < 1.29 is 9.21 Å². The van der Waals surface area contributed by atoms with E-state index in [1.165, 1.54) is 6.26 Å². The Kier molecular flexibility index (Phi) is 3.37. The third-order valence-electron chi connectivity index (χ3n) is 2.70. The number of para-hydroxylation sites is 1. The number of carbonyl (C=O) groups excluding carboxylic acids is 1. The number of rotatable bonds is 3. The lowest BCUT2D eigenvalue weighted by atomic mass is 10.2. The molecule has 94 valence electrons. The Balaban J connectivity index is 2.38. The summed E-state index contributed by atoms with van der Waals surface area (Å²) in [5, 5.41) is 0. The molecule has 4 heteroatoms. The van der Waals surface area contributed by atoms with Gasteiger partial charge in [0.15, 0.2) is 0 Å². The van der Waals surface area contributed by atoms with E-state index in [0.717, 1.165) is 5.69 Å². The molecule has 2 N–H and O–H groups in total. The normalized spacial score (nSPS) is 10.6. The molecule has 1 aromatic heterocycles. The standard InChI is InChI=1S/C14H16N2O2/c1-10(2)16(11-6-4-3-5-7-11)14(17)12-8-9-18-13(12)15/h3-10H,15H2,1-2H3. The van der Waals surface area contributed by atoms with Gasteiger partial charge in [-0.3, -0.25) is 4.79 Å². The lowest BCUT2D eigenvalue weighted by Gasteiger charge is -2.26. The first-order chi connectivity index (χ1) is 8.61. The summed E-state index contributed by atoms with van der Waals surface area (Å²) in [7, 11) is 0. The van der Waals surface area contributed by atoms with Crippen LogP contribution in [0.1, 0.15) is 24.2 Å². The Morgan fingerprint density at radius 1 is 1.22 bits per heavy atom. The van der Waals surface area contributed by atoms with Gasteiger partial charge in [-0.25, -0.2) is 0 Å². The summed E-state index contributed by atoms with van der Waals surface area (Å²) in [5.74, 6) is 0.00373. The molecule has 0 radical (unpaired) electrons. The Bertz CT molecular complexity index is 532. The monoisotopic (exact) mass is 244 g/mol. The van der Waals surface area contributed by atoms with E-state index in [0.29, 0.717) is 5.56 Å². The Morgan fingerprint density at radius 2 is 1.89 bits per heavy atom. The summed E-state index contributed by atoms with van der Waals surface area (Å²) in [5.41, 5.74) is 6.88. The second-order valence-electron chi connectivity index (χ2n) is 4.30. The van der Waals surface area contributed by atoms with E-state index in [1.807, 2.05) is 44.2 Å². The highest BCUT2D eigenvalue weighted by Crippen LogP contribution is 2.22. The maximum Gasteiger partial charge on any atom is 0.264 e. The van der Waals surface area contributed by atoms with Crippen LogP contribution >= 0.6 is 0 Å². The second kappa shape index (κ2) is 4.96. The smallest absolute Gasteiger partial charge is 0.264 e. The Morgan fingerprint density at radius 3 is 2.39 bits per heavy atom. The summed E-state index contributed by atoms with van der Waals surface area (Å²) < 4.78 is 4.98. The highest BCUT2D eigenvalue weighted by atomic mass is 16.3. The van der Waals surface area contributed by atoms with Crippen molar-refractivity contribution in [1.29, 1.82) is 0 Å². The quantitative estimate of drug-likeness (QED) is 0.903. The van der Waals surface area contributed by atoms with Crippen molar-refractivity contribution in [2.75, 3.05) is 10.6 Å². The maximum absolute atomic E-state index is 12.5. The van der Waals surface area contributed by atoms with E-state index in [4.69, 9.17) is 10.2 Å². The second-order valence-corrected chi connectivity index (χ2v) is 4.30. The van der Waals surface area contributed by atoms with Crippen LogP contribution in [0, 0.1) is 0 Å². The Labute approximate surface area is 106 Å². The molecule has 1 aromatic carbocycles. The lowest BCUT2D eigenvalue weighted by molar-refractivity contribution is 0.0981. The van der Waals surface area contributed by atoms with Gasteiger partial charge in [0.1, 0.15) is 5.56 Å². The fraction of sp³-hybridized carbons (Fsp3) is 0.214. The number of carbonyl (C=O) groups is 1. The topological polar surface area (TPSA) is 59.5 Å². The molecule has 18 heavy (non-hydrogen) atoms. The third-order valence-corrected chi connectivity index (χ3v) is 2.70. The number of hydrogen-bond donors (Lipinski definition) is 1. The minimum atomic E-state index is -0.151. The van der Waals surface area contributed by atoms with Crippen molar-refractivity contribution in [1.82, 2.24) is 0 Å². The summed E-state index contributed by atoms with van der Waals surface area (Å²) >= 11 is 0. The molecule has 0 saturated carbocycles. The van der Waals surface area contributed by atoms with Crippen molar-refractivity contribution in [3.05, 3.63) is 48.2 Å². The zero-order valence-corrected chi connectivity index (χ0v) is 10.5. The van der Waals surface area contributed by atoms with E-state index in [9.17, 15) is 4.79 Å². The molecule has 0 spiro atoms. The molecule has 0 saturated heterocycles. The lowest BCUT2D eigenvalue weighted by Crippen LogP contribution is -2.37. The van der Waals surface area contributed by atoms with Crippen molar-refractivity contribution >= 4 is 17.5 Å². The highest BCUT2D eigenvalue weighted by molar-refractivity contribution is 6.08. The molecule has 1 heterocycles. The van der Waals surface area contributed by atoms with E-state index < -0.39 is 0 Å². The molecule has 0 aliphatic rings. The van der Waals surface area contributed by atoms with E-state index in [1.54, 1.807) is 11.0 Å². The van der Waals surface area contributed by atoms with Gasteiger partial charge in [0, 0.05) is 11.7 Å². The molecule has 2 aromatic rings. The van der Waals surface area contributed by atoms with Gasteiger partial charge in [0.2, 0.25) is 5.88 Å². The van der Waals surface area contributed by atoms with Crippen LogP contribution in [-0.2, 0) is 0 Å². The minimum Gasteiger partial charge on any atom is -0.448 e. The highest BCUT2D eigenvalue weighted by Gasteiger charge is 2.23. The van der Waals surface area contributed by atoms with Crippen LogP contribution in [0.5, 0.6) is 0 Å². The first-order valence-corrected chi connectivity index (χ1v) is 5.83. The third kappa shape index (κ3) is 2.22. The largest absolute Gasteiger partial charge is 0.448 e. The van der Waals surface area contributed by atoms with Gasteiger partial charge in [-0.1, -0.05) is 18.2 Å². The molecule has 0 atom stereocenters. The van der Waals surface area contributed by atoms with Crippen LogP contribution in [0.15, 0.2) is 47.1 Å². The molecule has 2 rings (SSSR count). The zero-order valence-electron chi connectivity index (χ0n) is 10.5. The SMILES string of the molecule is CC(C)N(C(=O)c1ccoc1N)c1ccccc1. The summed E-state index contributed by atoms with van der Waals surface area (Å²) in [6.07, 6.45) is 1.42. The molecular weight excluding hydrogens is 228 g/mol. The van der Waals surface area contributed by atoms with Gasteiger partial charge in [0.05, 0.1) is 6.26 Å². The molecule has 0 fully saturated rings. The fourth-order valence-electron chi connectivity index (χ4n) is 1.87. The molecule has 1 amide bonds. The van der Waals surface area contributed by atoms with Crippen LogP contribution in [0.3, 0.4) is 0 Å². The van der Waals surface area contributed by atoms with E-state index in [2.05, 4.69) is 0 Å². The van der Waals surface area contributed by atoms with Gasteiger partial charge >= 0.3 is 0 Å². The number of hydrogen-bond acceptors (Lipinski definition) is 3. The molecule has 0 aliphatic heterocycles. The van der Waals surface area contributed by atoms with Crippen molar-refractivity contribution in [2.45, 2.75) is 19.9 Å². The number of furan rings is 1. The first-order valence-electron chi connectivity index (χ1n) is 5.83. The number of amides is 1. The molecular formula is C14H16N2O2. The average Bonchev–Trinajstić information content (AvgIpc) is 2.76. The van der Waals surface area contributed by atoms with Gasteiger partial charge in [-0.05, 0) is 32.0 Å². The zero-order chi connectivity index (χ0) is 13.1. The first kappa shape index (κ1) is 12.2. The minimum absolute atomic E-state index is 0.0363. The fourth-order valence-corrected chi connectivity index (χ4v) is 1.87. The van der Waals surface area contributed by atoms with Crippen LogP contribution < -0.4 is 10.6 Å². The molecule has 0 aliphatic carbocycles. The molecule has 0 bridgehead atoms. The van der Waals surface area contributed by atoms with Gasteiger partial charge in [-0.15, -0.1) is 0 Å². The maximum atomic E-state index is 12.5. The average molecular weight is 244 g/mol. The predicted molar refractivity (Wildman–Crippen MR) is 71.5 cm³/mol. The summed E-state index contributed by atoms with van der Waals surface area (Å²) in [4.78, 5) is 14.2. The van der Waals surface area contributed by atoms with Gasteiger partial charge in [-0.2, -0.15) is 0 Å². The number of benzene rings is 1. The Hall–Kier alpha value is -2.23. The van der Waals surface area contributed by atoms with Gasteiger partial charge in [0.25, 0.3) is 5.91 Å². The molecule has 0 unspecified atom stereocenters. The van der Waals surface area contributed by atoms with E-state index >= 15 is 0 Å². The van der Waals surface area contributed by atoms with Gasteiger partial charge < -0.3 is 15.1 Å². The number of nitrogen functional groups attached to an aromatic ring is 1. The van der Waals surface area contributed by atoms with Crippen molar-refractivity contribution in [3.8, 4) is 0 Å². The molecule has 4 nitrogen and oxygen atoms in total. The number of anilines is 2. The van der Waals surface area contributed by atoms with E-state index in [-0.39, 0.29) is 17.8 Å². The summed E-state index contributed by atoms with van der Waals surface area (Å²) in [6.45, 7) is 3.92. The van der Waals surface area contributed by atoms with Crippen LogP contribution in [0.4, 0.5) is 11.6 Å². The predicted octanol–water partition coefficient (Wildman–Crippen LogP) is 2.92. The van der Waals surface area contributed by atoms with Crippen molar-refractivity contribution in [2.24, 2.45) is 0 Å². The van der Waals surface area contributed by atoms with Crippen LogP contribution in [0.25, 0.3) is 0 Å². The summed E-state index contributed by atoms with van der Waals surface area (Å²) in [6, 6.07) is 11.1. The number of nitrogens with zero attached hydrogens (tertiary/aromatic N) is 1. The van der Waals surface area contributed by atoms with Crippen molar-refractivity contribution in [3.63, 3.8) is 0 Å². The van der Waals surface area contributed by atoms with Crippen LogP contribution in [-0.4, -0.2) is 11.9 Å². The van der Waals surface area contributed by atoms with Crippen LogP contribution in [0.2, 0.25) is 0 Å². The number of nitrogens with two attached hydrogens (primary N) is 1.